The van der Waals surface area contributed by atoms with E-state index in [2.05, 4.69) is 103 Å². The zero-order chi connectivity index (χ0) is 40.5. The molecule has 301 valence electrons. The van der Waals surface area contributed by atoms with E-state index in [1.165, 1.54) is 22.6 Å². The minimum Gasteiger partial charge on any atom is -0.512 e. The number of aryl methyl sites for hydroxylation is 2. The van der Waals surface area contributed by atoms with Gasteiger partial charge in [-0.25, -0.2) is 0 Å². The number of hydrogen-bond acceptors (Lipinski definition) is 5. The Bertz CT molecular complexity index is 2340. The van der Waals surface area contributed by atoms with Crippen LogP contribution in [0.5, 0.6) is 0 Å². The van der Waals surface area contributed by atoms with E-state index in [1.54, 1.807) is 0 Å². The van der Waals surface area contributed by atoms with Crippen molar-refractivity contribution in [1.82, 2.24) is 4.98 Å². The second-order valence-electron chi connectivity index (χ2n) is 17.4. The molecular weight excluding hydrogens is 871 g/mol. The predicted octanol–water partition coefficient (Wildman–Crippen LogP) is 14.6. The van der Waals surface area contributed by atoms with Gasteiger partial charge in [-0.3, -0.25) is 9.78 Å². The Labute approximate surface area is 348 Å². The largest absolute Gasteiger partial charge is 0.512 e. The molecule has 6 aromatic rings. The van der Waals surface area contributed by atoms with E-state index in [0.29, 0.717) is 5.92 Å². The van der Waals surface area contributed by atoms with Crippen molar-refractivity contribution >= 4 is 38.5 Å². The first-order valence-electron chi connectivity index (χ1n) is 20.2. The molecule has 0 atom stereocenters. The van der Waals surface area contributed by atoms with E-state index < -0.39 is 0 Å². The van der Waals surface area contributed by atoms with Crippen molar-refractivity contribution in [3.05, 3.63) is 101 Å². The molecule has 1 N–H and O–H groups in total. The van der Waals surface area contributed by atoms with Crippen LogP contribution in [-0.2, 0) is 36.7 Å². The van der Waals surface area contributed by atoms with Gasteiger partial charge in [-0.05, 0) is 81.0 Å². The van der Waals surface area contributed by atoms with Gasteiger partial charge in [0, 0.05) is 70.8 Å². The van der Waals surface area contributed by atoms with Gasteiger partial charge >= 0.3 is 0 Å². The molecule has 0 saturated carbocycles. The topological polar surface area (TPSA) is 76.5 Å². The molecule has 0 fully saturated rings. The van der Waals surface area contributed by atoms with Gasteiger partial charge in [-0.2, -0.15) is 0 Å². The molecule has 5 nitrogen and oxygen atoms in total. The summed E-state index contributed by atoms with van der Waals surface area (Å²) in [6.07, 6.45) is 7.67. The third-order valence-electron chi connectivity index (χ3n) is 12.1. The van der Waals surface area contributed by atoms with E-state index in [-0.39, 0.29) is 47.9 Å². The van der Waals surface area contributed by atoms with Gasteiger partial charge in [0.05, 0.1) is 0 Å². The Morgan fingerprint density at radius 1 is 0.804 bits per heavy atom. The molecule has 6 rings (SSSR count). The first kappa shape index (κ1) is 44.7. The summed E-state index contributed by atoms with van der Waals surface area (Å²) < 4.78 is 13.0. The summed E-state index contributed by atoms with van der Waals surface area (Å²) in [6, 6.07) is 22.9. The Morgan fingerprint density at radius 2 is 1.41 bits per heavy atom. The monoisotopic (exact) mass is 933 g/mol. The molecule has 0 spiro atoms. The van der Waals surface area contributed by atoms with Gasteiger partial charge in [0.1, 0.15) is 16.9 Å². The zero-order valence-electron chi connectivity index (χ0n) is 35.9. The number of hydrogen-bond donors (Lipinski definition) is 1. The zero-order valence-corrected chi connectivity index (χ0v) is 38.3. The van der Waals surface area contributed by atoms with Crippen LogP contribution in [0.3, 0.4) is 0 Å². The predicted molar refractivity (Wildman–Crippen MR) is 231 cm³/mol. The van der Waals surface area contributed by atoms with E-state index in [9.17, 15) is 9.90 Å². The van der Waals surface area contributed by atoms with E-state index in [4.69, 9.17) is 13.8 Å². The maximum Gasteiger partial charge on any atom is 0.173 e. The molecule has 3 aromatic carbocycles. The van der Waals surface area contributed by atoms with Crippen molar-refractivity contribution in [2.45, 2.75) is 128 Å². The first-order valence-corrected chi connectivity index (χ1v) is 20.2. The molecule has 0 unspecified atom stereocenters. The maximum atomic E-state index is 12.2. The van der Waals surface area contributed by atoms with E-state index in [1.807, 2.05) is 53.8 Å². The number of nitrogens with zero attached hydrogens (tertiary/aromatic N) is 1. The Hall–Kier alpha value is -3.99. The molecule has 6 heteroatoms. The molecule has 3 heterocycles. The molecule has 56 heavy (non-hydrogen) atoms. The summed E-state index contributed by atoms with van der Waals surface area (Å²) in [6.45, 7) is 27.6. The Morgan fingerprint density at radius 3 is 2.02 bits per heavy atom. The van der Waals surface area contributed by atoms with Gasteiger partial charge in [0.2, 0.25) is 0 Å². The fourth-order valence-corrected chi connectivity index (χ4v) is 7.30. The van der Waals surface area contributed by atoms with Gasteiger partial charge in [0.15, 0.2) is 17.3 Å². The summed E-state index contributed by atoms with van der Waals surface area (Å²) in [4.78, 5) is 17.0. The molecule has 0 amide bonds. The van der Waals surface area contributed by atoms with Gasteiger partial charge in [0.25, 0.3) is 0 Å². The quantitative estimate of drug-likeness (QED) is 0.0796. The number of furan rings is 2. The fraction of sp³-hybridized carbons (Fsp3) is 0.440. The molecule has 0 aliphatic heterocycles. The van der Waals surface area contributed by atoms with Crippen molar-refractivity contribution in [2.75, 3.05) is 0 Å². The Balaban J connectivity index is 0.000000330. The number of benzene rings is 3. The number of carbonyl (C=O) groups excluding carboxylic acids is 1. The number of aliphatic hydroxyl groups is 1. The van der Waals surface area contributed by atoms with Crippen LogP contribution in [0.1, 0.15) is 124 Å². The molecule has 0 saturated heterocycles. The number of carbonyl (C=O) groups is 1. The van der Waals surface area contributed by atoms with Crippen molar-refractivity contribution in [2.24, 2.45) is 16.7 Å². The standard InChI is InChI=1S/C35H34NO2.C15H28O2.Ir/c1-20(2)16-23-12-13-30-28(17-23)22(4)32(37-30)33-21(3)26-14-15-36-31(34(26)38-33)25-18-24-10-8-9-11-27(24)29(19-25)35(5,6)7;1-7-14(5,8-2)12(16)11-13(17)15(6,9-3)10-4;/h8-15,17,19-20H,16H2,1-7H3;11,16H,7-10H2,1-6H3;/q-1;;/b;12-11-;. The van der Waals surface area contributed by atoms with Crippen molar-refractivity contribution in [3.8, 4) is 22.8 Å². The summed E-state index contributed by atoms with van der Waals surface area (Å²) >= 11 is 0. The number of ketones is 1. The first-order chi connectivity index (χ1) is 25.9. The summed E-state index contributed by atoms with van der Waals surface area (Å²) in [7, 11) is 0. The average Bonchev–Trinajstić information content (AvgIpc) is 3.68. The van der Waals surface area contributed by atoms with Crippen LogP contribution in [-0.4, -0.2) is 15.9 Å². The van der Waals surface area contributed by atoms with Crippen LogP contribution in [0.4, 0.5) is 0 Å². The van der Waals surface area contributed by atoms with Crippen LogP contribution in [0.15, 0.2) is 81.5 Å². The van der Waals surface area contributed by atoms with Gasteiger partial charge in [-0.1, -0.05) is 111 Å². The average molecular weight is 933 g/mol. The van der Waals surface area contributed by atoms with Crippen LogP contribution >= 0.6 is 0 Å². The molecule has 3 aromatic heterocycles. The maximum absolute atomic E-state index is 12.2. The van der Waals surface area contributed by atoms with Crippen LogP contribution in [0.2, 0.25) is 0 Å². The normalized spacial score (nSPS) is 12.6. The molecular formula is C50H62IrNO4-. The summed E-state index contributed by atoms with van der Waals surface area (Å²) in [5.41, 5.74) is 7.55. The number of rotatable bonds is 11. The number of fused-ring (bicyclic) bond motifs is 3. The summed E-state index contributed by atoms with van der Waals surface area (Å²) in [5, 5.41) is 14.6. The van der Waals surface area contributed by atoms with Crippen LogP contribution in [0, 0.1) is 36.7 Å². The van der Waals surface area contributed by atoms with Gasteiger partial charge < -0.3 is 13.9 Å². The molecule has 0 aliphatic carbocycles. The number of aliphatic hydroxyl groups excluding tert-OH is 1. The van der Waals surface area contributed by atoms with E-state index in [0.717, 1.165) is 93.3 Å². The number of pyridine rings is 1. The second kappa shape index (κ2) is 17.7. The molecule has 0 aliphatic rings. The minimum absolute atomic E-state index is 0. The van der Waals surface area contributed by atoms with Crippen LogP contribution < -0.4 is 0 Å². The second-order valence-corrected chi connectivity index (χ2v) is 17.4. The van der Waals surface area contributed by atoms with Crippen molar-refractivity contribution < 1.29 is 38.8 Å². The SMILES string of the molecule is CCC(C)(CC)C(=O)/C=C(\O)C(C)(CC)CC.Cc1c(-c2oc3c(-c4[c-]c5ccccc5c(C(C)(C)C)c4)nccc3c2C)oc2ccc(CC(C)C)cc12.[Ir]. The fourth-order valence-electron chi connectivity index (χ4n) is 7.30. The number of aromatic nitrogens is 1. The third-order valence-corrected chi connectivity index (χ3v) is 12.1. The summed E-state index contributed by atoms with van der Waals surface area (Å²) in [5.74, 6) is 2.45. The van der Waals surface area contributed by atoms with Crippen molar-refractivity contribution in [3.63, 3.8) is 0 Å². The van der Waals surface area contributed by atoms with Gasteiger partial charge in [-0.15, -0.1) is 29.1 Å². The smallest absolute Gasteiger partial charge is 0.173 e. The molecule has 0 bridgehead atoms. The van der Waals surface area contributed by atoms with E-state index >= 15 is 0 Å². The van der Waals surface area contributed by atoms with Crippen LogP contribution in [0.25, 0.3) is 55.5 Å². The minimum atomic E-state index is -0.337. The Kier molecular flexibility index (Phi) is 14.1. The van der Waals surface area contributed by atoms with Crippen molar-refractivity contribution in [1.29, 1.82) is 0 Å². The number of allylic oxidation sites excluding steroid dienone is 2. The molecule has 1 radical (unpaired) electrons. The third kappa shape index (κ3) is 8.93.